The van der Waals surface area contributed by atoms with Crippen LogP contribution in [0.3, 0.4) is 0 Å². The van der Waals surface area contributed by atoms with Crippen molar-refractivity contribution in [2.45, 2.75) is 0 Å². The molecule has 0 aliphatic carbocycles. The van der Waals surface area contributed by atoms with E-state index in [1.807, 2.05) is 10.8 Å². The highest BCUT2D eigenvalue weighted by Crippen LogP contribution is 2.28. The molecule has 19 heavy (non-hydrogen) atoms. The molecule has 8 nitrogen and oxygen atoms in total. The summed E-state index contributed by atoms with van der Waals surface area (Å²) >= 11 is 0. The molecule has 0 heterocycles. The summed E-state index contributed by atoms with van der Waals surface area (Å²) in [6.07, 6.45) is -1.15. The second-order valence-electron chi connectivity index (χ2n) is 3.19. The number of nitrogens with zero attached hydrogens (tertiary/aromatic N) is 1. The molecule has 1 aromatic rings. The molecule has 0 radical (unpaired) electrons. The average molecular weight is 285 g/mol. The van der Waals surface area contributed by atoms with Gasteiger partial charge in [0.05, 0.1) is 19.8 Å². The van der Waals surface area contributed by atoms with Crippen molar-refractivity contribution in [2.75, 3.05) is 18.9 Å². The number of para-hydroxylation sites is 1. The molecule has 0 fully saturated rings. The van der Waals surface area contributed by atoms with Gasteiger partial charge in [0.15, 0.2) is 0 Å². The van der Waals surface area contributed by atoms with Crippen LogP contribution in [-0.2, 0) is 14.9 Å². The van der Waals surface area contributed by atoms with Crippen molar-refractivity contribution in [2.24, 2.45) is 0 Å². The van der Waals surface area contributed by atoms with Gasteiger partial charge in [0.25, 0.3) is 0 Å². The van der Waals surface area contributed by atoms with Crippen molar-refractivity contribution in [1.29, 1.82) is 5.26 Å². The van der Waals surface area contributed by atoms with E-state index in [1.54, 1.807) is 4.72 Å². The van der Waals surface area contributed by atoms with Crippen LogP contribution in [0.4, 0.5) is 10.5 Å². The zero-order valence-electron chi connectivity index (χ0n) is 10.1. The number of methoxy groups -OCH3 is 2. The van der Waals surface area contributed by atoms with Gasteiger partial charge in [-0.15, -0.1) is 0 Å². The lowest BCUT2D eigenvalue weighted by molar-refractivity contribution is 0.177. The molecule has 0 spiro atoms. The number of nitrogens with one attached hydrogen (secondary N) is 2. The Kier molecular flexibility index (Phi) is 4.55. The number of ether oxygens (including phenoxy) is 2. The Labute approximate surface area is 110 Å². The van der Waals surface area contributed by atoms with Gasteiger partial charge in [-0.25, -0.2) is 9.52 Å². The van der Waals surface area contributed by atoms with Crippen LogP contribution in [0.25, 0.3) is 0 Å². The molecule has 0 bridgehead atoms. The lowest BCUT2D eigenvalue weighted by Crippen LogP contribution is -2.35. The summed E-state index contributed by atoms with van der Waals surface area (Å²) in [4.78, 5) is 10.9. The first-order valence-corrected chi connectivity index (χ1v) is 6.37. The first kappa shape index (κ1) is 14.6. The van der Waals surface area contributed by atoms with Gasteiger partial charge in [-0.2, -0.15) is 13.7 Å². The molecule has 0 saturated carbocycles. The quantitative estimate of drug-likeness (QED) is 0.835. The highest BCUT2D eigenvalue weighted by atomic mass is 32.2. The molecule has 0 saturated heterocycles. The number of amides is 1. The van der Waals surface area contributed by atoms with E-state index < -0.39 is 16.3 Å². The molecule has 0 aromatic heterocycles. The van der Waals surface area contributed by atoms with E-state index in [-0.39, 0.29) is 17.0 Å². The smallest absolute Gasteiger partial charge is 0.422 e. The molecule has 1 amide bonds. The van der Waals surface area contributed by atoms with Crippen LogP contribution < -0.4 is 14.2 Å². The number of hydrogen-bond donors (Lipinski definition) is 2. The maximum Gasteiger partial charge on any atom is 0.422 e. The fourth-order valence-electron chi connectivity index (χ4n) is 1.21. The van der Waals surface area contributed by atoms with Crippen LogP contribution in [0.5, 0.6) is 5.75 Å². The minimum atomic E-state index is -4.22. The predicted molar refractivity (Wildman–Crippen MR) is 65.8 cm³/mol. The summed E-state index contributed by atoms with van der Waals surface area (Å²) in [7, 11) is -1.87. The predicted octanol–water partition coefficient (Wildman–Crippen LogP) is 0.580. The molecule has 2 N–H and O–H groups in total. The summed E-state index contributed by atoms with van der Waals surface area (Å²) in [6.45, 7) is 0. The SMILES string of the molecule is COC(=O)NS(=O)(=O)Nc1c(C#N)cccc1OC. The maximum atomic E-state index is 11.6. The second kappa shape index (κ2) is 5.92. The minimum Gasteiger partial charge on any atom is -0.495 e. The third-order valence-corrected chi connectivity index (χ3v) is 2.91. The third kappa shape index (κ3) is 3.75. The first-order valence-electron chi connectivity index (χ1n) is 4.89. The molecule has 102 valence electrons. The van der Waals surface area contributed by atoms with E-state index in [0.29, 0.717) is 0 Å². The zero-order chi connectivity index (χ0) is 14.5. The topological polar surface area (TPSA) is 118 Å². The molecular formula is C10H11N3O5S. The van der Waals surface area contributed by atoms with E-state index in [4.69, 9.17) is 10.00 Å². The van der Waals surface area contributed by atoms with Gasteiger partial charge in [-0.3, -0.25) is 4.72 Å². The van der Waals surface area contributed by atoms with E-state index >= 15 is 0 Å². The standard InChI is InChI=1S/C10H11N3O5S/c1-17-8-5-3-4-7(6-11)9(8)12-19(15,16)13-10(14)18-2/h3-5,12H,1-2H3,(H,13,14). The van der Waals surface area contributed by atoms with Gasteiger partial charge >= 0.3 is 16.3 Å². The minimum absolute atomic E-state index is 0.0505. The highest BCUT2D eigenvalue weighted by molar-refractivity contribution is 7.91. The fraction of sp³-hybridized carbons (Fsp3) is 0.200. The number of carbonyl (C=O) groups is 1. The Morgan fingerprint density at radius 3 is 2.58 bits per heavy atom. The summed E-state index contributed by atoms with van der Waals surface area (Å²) in [5.74, 6) is 0.147. The van der Waals surface area contributed by atoms with Gasteiger partial charge in [-0.05, 0) is 12.1 Å². The highest BCUT2D eigenvalue weighted by Gasteiger charge is 2.19. The van der Waals surface area contributed by atoms with Crippen molar-refractivity contribution >= 4 is 22.0 Å². The lowest BCUT2D eigenvalue weighted by Gasteiger charge is -2.12. The van der Waals surface area contributed by atoms with Crippen LogP contribution in [0.2, 0.25) is 0 Å². The van der Waals surface area contributed by atoms with E-state index in [0.717, 1.165) is 7.11 Å². The Hall–Kier alpha value is -2.47. The largest absolute Gasteiger partial charge is 0.495 e. The molecule has 0 atom stereocenters. The molecule has 0 unspecified atom stereocenters. The Bertz CT molecular complexity index is 621. The monoisotopic (exact) mass is 285 g/mol. The van der Waals surface area contributed by atoms with Gasteiger partial charge in [0, 0.05) is 0 Å². The van der Waals surface area contributed by atoms with Crippen molar-refractivity contribution in [3.8, 4) is 11.8 Å². The normalized spacial score (nSPS) is 10.2. The van der Waals surface area contributed by atoms with Crippen molar-refractivity contribution in [1.82, 2.24) is 4.72 Å². The zero-order valence-corrected chi connectivity index (χ0v) is 10.9. The van der Waals surface area contributed by atoms with Crippen molar-refractivity contribution < 1.29 is 22.7 Å². The van der Waals surface area contributed by atoms with Crippen LogP contribution in [0.15, 0.2) is 18.2 Å². The second-order valence-corrected chi connectivity index (χ2v) is 4.61. The van der Waals surface area contributed by atoms with E-state index in [1.165, 1.54) is 25.3 Å². The summed E-state index contributed by atoms with van der Waals surface area (Å²) in [5, 5.41) is 8.91. The molecular weight excluding hydrogens is 274 g/mol. The van der Waals surface area contributed by atoms with Gasteiger partial charge in [-0.1, -0.05) is 6.07 Å². The average Bonchev–Trinajstić information content (AvgIpc) is 2.37. The molecule has 1 aromatic carbocycles. The maximum absolute atomic E-state index is 11.6. The number of hydrogen-bond acceptors (Lipinski definition) is 6. The van der Waals surface area contributed by atoms with E-state index in [2.05, 4.69) is 4.74 Å². The Morgan fingerprint density at radius 1 is 1.37 bits per heavy atom. The number of rotatable bonds is 4. The lowest BCUT2D eigenvalue weighted by atomic mass is 10.2. The number of nitriles is 1. The van der Waals surface area contributed by atoms with Crippen LogP contribution in [0, 0.1) is 11.3 Å². The van der Waals surface area contributed by atoms with E-state index in [9.17, 15) is 13.2 Å². The van der Waals surface area contributed by atoms with Crippen LogP contribution in [0.1, 0.15) is 5.56 Å². The van der Waals surface area contributed by atoms with Gasteiger partial charge < -0.3 is 9.47 Å². The number of anilines is 1. The van der Waals surface area contributed by atoms with Crippen LogP contribution in [-0.4, -0.2) is 28.7 Å². The summed E-state index contributed by atoms with van der Waals surface area (Å²) in [5.41, 5.74) is -0.0153. The van der Waals surface area contributed by atoms with Gasteiger partial charge in [0.2, 0.25) is 0 Å². The fourth-order valence-corrected chi connectivity index (χ4v) is 2.04. The number of carbonyl (C=O) groups excluding carboxylic acids is 1. The number of benzene rings is 1. The van der Waals surface area contributed by atoms with Gasteiger partial charge in [0.1, 0.15) is 17.5 Å². The molecule has 0 aliphatic heterocycles. The molecule has 1 rings (SSSR count). The summed E-state index contributed by atoms with van der Waals surface area (Å²) in [6, 6.07) is 6.21. The van der Waals surface area contributed by atoms with Crippen LogP contribution >= 0.6 is 0 Å². The summed E-state index contributed by atoms with van der Waals surface area (Å²) < 4.78 is 36.0. The van der Waals surface area contributed by atoms with Crippen molar-refractivity contribution in [3.63, 3.8) is 0 Å². The molecule has 9 heteroatoms. The Morgan fingerprint density at radius 2 is 2.05 bits per heavy atom. The Balaban J connectivity index is 3.12. The first-order chi connectivity index (χ1) is 8.93. The molecule has 0 aliphatic rings. The van der Waals surface area contributed by atoms with Crippen molar-refractivity contribution in [3.05, 3.63) is 23.8 Å². The third-order valence-electron chi connectivity index (χ3n) is 2.01.